The van der Waals surface area contributed by atoms with E-state index in [-0.39, 0.29) is 5.91 Å². The summed E-state index contributed by atoms with van der Waals surface area (Å²) in [7, 11) is 3.94. The molecule has 0 aliphatic rings. The zero-order valence-electron chi connectivity index (χ0n) is 12.5. The SMILES string of the molecule is CNCCCN(C)Cc1oc2ccccc2c1C(=O)NN. The molecule has 0 spiro atoms. The van der Waals surface area contributed by atoms with Crippen molar-refractivity contribution in [2.75, 3.05) is 27.2 Å². The lowest BCUT2D eigenvalue weighted by Crippen LogP contribution is -2.31. The maximum Gasteiger partial charge on any atom is 0.269 e. The lowest BCUT2D eigenvalue weighted by Gasteiger charge is -2.15. The van der Waals surface area contributed by atoms with Crippen LogP contribution in [0.5, 0.6) is 0 Å². The molecule has 0 bridgehead atoms. The quantitative estimate of drug-likeness (QED) is 0.307. The third kappa shape index (κ3) is 3.60. The van der Waals surface area contributed by atoms with Gasteiger partial charge in [0.15, 0.2) is 0 Å². The fourth-order valence-corrected chi connectivity index (χ4v) is 2.38. The van der Waals surface area contributed by atoms with Crippen LogP contribution in [0, 0.1) is 0 Å². The lowest BCUT2D eigenvalue weighted by atomic mass is 10.1. The van der Waals surface area contributed by atoms with Crippen molar-refractivity contribution in [2.45, 2.75) is 13.0 Å². The van der Waals surface area contributed by atoms with Gasteiger partial charge in [-0.1, -0.05) is 18.2 Å². The van der Waals surface area contributed by atoms with Crippen LogP contribution >= 0.6 is 0 Å². The Kier molecular flexibility index (Phi) is 5.32. The van der Waals surface area contributed by atoms with Crippen LogP contribution in [0.25, 0.3) is 11.0 Å². The van der Waals surface area contributed by atoms with Gasteiger partial charge in [0, 0.05) is 5.39 Å². The molecular formula is C15H22N4O2. The van der Waals surface area contributed by atoms with Crippen LogP contribution in [0.2, 0.25) is 0 Å². The summed E-state index contributed by atoms with van der Waals surface area (Å²) in [5, 5.41) is 3.91. The summed E-state index contributed by atoms with van der Waals surface area (Å²) in [5.74, 6) is 5.61. The number of carbonyl (C=O) groups excluding carboxylic acids is 1. The second kappa shape index (κ2) is 7.21. The number of hydrazine groups is 1. The second-order valence-electron chi connectivity index (χ2n) is 5.06. The van der Waals surface area contributed by atoms with E-state index in [4.69, 9.17) is 10.3 Å². The Balaban J connectivity index is 2.24. The van der Waals surface area contributed by atoms with Gasteiger partial charge in [0.1, 0.15) is 11.3 Å². The Bertz CT molecular complexity index is 609. The summed E-state index contributed by atoms with van der Waals surface area (Å²) in [6.45, 7) is 2.45. The van der Waals surface area contributed by atoms with Gasteiger partial charge in [-0.2, -0.15) is 0 Å². The van der Waals surface area contributed by atoms with Crippen molar-refractivity contribution in [1.29, 1.82) is 0 Å². The van der Waals surface area contributed by atoms with Gasteiger partial charge in [-0.15, -0.1) is 0 Å². The number of nitrogens with zero attached hydrogens (tertiary/aromatic N) is 1. The molecule has 6 nitrogen and oxygen atoms in total. The summed E-state index contributed by atoms with van der Waals surface area (Å²) in [4.78, 5) is 14.2. The number of fused-ring (bicyclic) bond motifs is 1. The maximum atomic E-state index is 12.0. The molecule has 21 heavy (non-hydrogen) atoms. The molecule has 1 heterocycles. The molecule has 0 aliphatic heterocycles. The van der Waals surface area contributed by atoms with Gasteiger partial charge in [0.25, 0.3) is 5.91 Å². The third-order valence-corrected chi connectivity index (χ3v) is 3.41. The first-order valence-corrected chi connectivity index (χ1v) is 7.02. The van der Waals surface area contributed by atoms with E-state index in [9.17, 15) is 4.79 Å². The number of para-hydroxylation sites is 1. The topological polar surface area (TPSA) is 83.5 Å². The van der Waals surface area contributed by atoms with E-state index in [1.807, 2.05) is 38.4 Å². The fourth-order valence-electron chi connectivity index (χ4n) is 2.38. The van der Waals surface area contributed by atoms with Gasteiger partial charge < -0.3 is 9.73 Å². The Labute approximate surface area is 124 Å². The van der Waals surface area contributed by atoms with E-state index in [0.29, 0.717) is 23.5 Å². The number of amides is 1. The van der Waals surface area contributed by atoms with Gasteiger partial charge in [-0.3, -0.25) is 15.1 Å². The molecular weight excluding hydrogens is 268 g/mol. The largest absolute Gasteiger partial charge is 0.459 e. The van der Waals surface area contributed by atoms with Crippen LogP contribution in [-0.4, -0.2) is 38.0 Å². The standard InChI is InChI=1S/C15H22N4O2/c1-17-8-5-9-19(2)10-13-14(15(20)18-16)11-6-3-4-7-12(11)21-13/h3-4,6-7,17H,5,8-10,16H2,1-2H3,(H,18,20). The third-order valence-electron chi connectivity index (χ3n) is 3.41. The van der Waals surface area contributed by atoms with Crippen LogP contribution in [0.1, 0.15) is 22.5 Å². The van der Waals surface area contributed by atoms with E-state index in [1.54, 1.807) is 0 Å². The summed E-state index contributed by atoms with van der Waals surface area (Å²) >= 11 is 0. The molecule has 0 aliphatic carbocycles. The maximum absolute atomic E-state index is 12.0. The van der Waals surface area contributed by atoms with Crippen molar-refractivity contribution in [1.82, 2.24) is 15.6 Å². The van der Waals surface area contributed by atoms with Gasteiger partial charge in [0.2, 0.25) is 0 Å². The van der Waals surface area contributed by atoms with Gasteiger partial charge >= 0.3 is 0 Å². The summed E-state index contributed by atoms with van der Waals surface area (Å²) < 4.78 is 5.83. The molecule has 0 saturated heterocycles. The first-order valence-electron chi connectivity index (χ1n) is 7.02. The summed E-state index contributed by atoms with van der Waals surface area (Å²) in [5.41, 5.74) is 3.42. The van der Waals surface area contributed by atoms with Crippen molar-refractivity contribution in [3.63, 3.8) is 0 Å². The smallest absolute Gasteiger partial charge is 0.269 e. The van der Waals surface area contributed by atoms with E-state index >= 15 is 0 Å². The van der Waals surface area contributed by atoms with Crippen molar-refractivity contribution in [2.24, 2.45) is 5.84 Å². The van der Waals surface area contributed by atoms with Crippen LogP contribution in [0.4, 0.5) is 0 Å². The Morgan fingerprint density at radius 3 is 2.86 bits per heavy atom. The monoisotopic (exact) mass is 290 g/mol. The average molecular weight is 290 g/mol. The molecule has 0 radical (unpaired) electrons. The zero-order chi connectivity index (χ0) is 15.2. The molecule has 2 rings (SSSR count). The lowest BCUT2D eigenvalue weighted by molar-refractivity contribution is 0.0951. The highest BCUT2D eigenvalue weighted by molar-refractivity contribution is 6.07. The van der Waals surface area contributed by atoms with E-state index in [0.717, 1.165) is 24.9 Å². The van der Waals surface area contributed by atoms with Gasteiger partial charge in [-0.25, -0.2) is 5.84 Å². The normalized spacial score (nSPS) is 11.2. The predicted molar refractivity (Wildman–Crippen MR) is 82.7 cm³/mol. The van der Waals surface area contributed by atoms with E-state index < -0.39 is 0 Å². The molecule has 1 aromatic heterocycles. The van der Waals surface area contributed by atoms with Crippen molar-refractivity contribution in [3.05, 3.63) is 35.6 Å². The second-order valence-corrected chi connectivity index (χ2v) is 5.06. The summed E-state index contributed by atoms with van der Waals surface area (Å²) in [6.07, 6.45) is 1.03. The average Bonchev–Trinajstić information content (AvgIpc) is 2.84. The molecule has 4 N–H and O–H groups in total. The van der Waals surface area contributed by atoms with Crippen molar-refractivity contribution < 1.29 is 9.21 Å². The Hall–Kier alpha value is -1.89. The number of benzene rings is 1. The highest BCUT2D eigenvalue weighted by Crippen LogP contribution is 2.26. The molecule has 1 amide bonds. The minimum absolute atomic E-state index is 0.321. The Morgan fingerprint density at radius 1 is 1.38 bits per heavy atom. The van der Waals surface area contributed by atoms with Crippen LogP contribution in [0.3, 0.4) is 0 Å². The van der Waals surface area contributed by atoms with E-state index in [2.05, 4.69) is 15.6 Å². The molecule has 114 valence electrons. The number of rotatable bonds is 7. The molecule has 0 fully saturated rings. The molecule has 0 atom stereocenters. The minimum Gasteiger partial charge on any atom is -0.459 e. The number of carbonyl (C=O) groups is 1. The zero-order valence-corrected chi connectivity index (χ0v) is 12.5. The number of nitrogens with one attached hydrogen (secondary N) is 2. The van der Waals surface area contributed by atoms with Crippen LogP contribution in [-0.2, 0) is 6.54 Å². The molecule has 0 unspecified atom stereocenters. The number of hydrogen-bond donors (Lipinski definition) is 3. The van der Waals surface area contributed by atoms with Gasteiger partial charge in [0.05, 0.1) is 12.1 Å². The molecule has 1 aromatic carbocycles. The Morgan fingerprint density at radius 2 is 2.14 bits per heavy atom. The van der Waals surface area contributed by atoms with E-state index in [1.165, 1.54) is 0 Å². The number of furan rings is 1. The fraction of sp³-hybridized carbons (Fsp3) is 0.400. The highest BCUT2D eigenvalue weighted by atomic mass is 16.3. The first kappa shape index (κ1) is 15.5. The highest BCUT2D eigenvalue weighted by Gasteiger charge is 2.20. The van der Waals surface area contributed by atoms with Crippen LogP contribution < -0.4 is 16.6 Å². The number of hydrogen-bond acceptors (Lipinski definition) is 5. The predicted octanol–water partition coefficient (Wildman–Crippen LogP) is 1.08. The van der Waals surface area contributed by atoms with Crippen molar-refractivity contribution in [3.8, 4) is 0 Å². The van der Waals surface area contributed by atoms with Crippen LogP contribution in [0.15, 0.2) is 28.7 Å². The molecule has 0 saturated carbocycles. The minimum atomic E-state index is -0.321. The van der Waals surface area contributed by atoms with Gasteiger partial charge in [-0.05, 0) is 39.7 Å². The number of nitrogens with two attached hydrogens (primary N) is 1. The summed E-state index contributed by atoms with van der Waals surface area (Å²) in [6, 6.07) is 7.49. The molecule has 2 aromatic rings. The van der Waals surface area contributed by atoms with Crippen molar-refractivity contribution >= 4 is 16.9 Å². The number of nitrogen functional groups attached to an aromatic ring is 1. The molecule has 6 heteroatoms. The first-order chi connectivity index (χ1) is 10.2.